The zero-order chi connectivity index (χ0) is 12.2. The van der Waals surface area contributed by atoms with Gasteiger partial charge in [0, 0.05) is 26.7 Å². The topological polar surface area (TPSA) is 58.6 Å². The minimum Gasteiger partial charge on any atom is -0.383 e. The third-order valence-corrected chi connectivity index (χ3v) is 5.51. The summed E-state index contributed by atoms with van der Waals surface area (Å²) in [5.41, 5.74) is 0. The Bertz CT molecular complexity index is 299. The van der Waals surface area contributed by atoms with Crippen LogP contribution < -0.4 is 5.32 Å². The van der Waals surface area contributed by atoms with E-state index in [2.05, 4.69) is 5.32 Å². The van der Waals surface area contributed by atoms with Crippen LogP contribution in [0.3, 0.4) is 0 Å². The molecule has 5 nitrogen and oxygen atoms in total. The monoisotopic (exact) mass is 250 g/mol. The molecule has 0 saturated carbocycles. The number of nitrogens with one attached hydrogen (secondary N) is 1. The molecule has 6 heteroatoms. The molecule has 1 N–H and O–H groups in total. The van der Waals surface area contributed by atoms with Crippen molar-refractivity contribution in [1.29, 1.82) is 0 Å². The van der Waals surface area contributed by atoms with E-state index >= 15 is 0 Å². The first kappa shape index (κ1) is 13.9. The molecule has 1 saturated heterocycles. The molecule has 1 aliphatic heterocycles. The molecule has 96 valence electrons. The lowest BCUT2D eigenvalue weighted by Crippen LogP contribution is -2.48. The summed E-state index contributed by atoms with van der Waals surface area (Å²) < 4.78 is 30.9. The van der Waals surface area contributed by atoms with Crippen molar-refractivity contribution in [3.8, 4) is 0 Å². The Kier molecular flexibility index (Phi) is 5.17. The molecule has 0 aromatic rings. The summed E-state index contributed by atoms with van der Waals surface area (Å²) in [7, 11) is 0.0224. The first-order valence-electron chi connectivity index (χ1n) is 5.66. The Balaban J connectivity index is 2.67. The Morgan fingerprint density at radius 3 is 2.75 bits per heavy atom. The molecular formula is C10H22N2O3S. The zero-order valence-electron chi connectivity index (χ0n) is 10.3. The number of rotatable bonds is 5. The lowest BCUT2D eigenvalue weighted by molar-refractivity contribution is 0.148. The maximum atomic E-state index is 12.2. The Morgan fingerprint density at radius 2 is 2.25 bits per heavy atom. The molecule has 0 spiro atoms. The molecule has 2 atom stereocenters. The largest absolute Gasteiger partial charge is 0.383 e. The Morgan fingerprint density at radius 1 is 1.56 bits per heavy atom. The van der Waals surface area contributed by atoms with E-state index in [9.17, 15) is 8.42 Å². The highest BCUT2D eigenvalue weighted by Gasteiger charge is 2.33. The summed E-state index contributed by atoms with van der Waals surface area (Å²) in [5, 5.41) is 2.84. The summed E-state index contributed by atoms with van der Waals surface area (Å²) in [6.07, 6.45) is 1.68. The minimum atomic E-state index is -3.19. The predicted molar refractivity (Wildman–Crippen MR) is 63.9 cm³/mol. The lowest BCUT2D eigenvalue weighted by Gasteiger charge is -2.30. The van der Waals surface area contributed by atoms with Crippen molar-refractivity contribution in [2.24, 2.45) is 0 Å². The molecule has 0 bridgehead atoms. The number of sulfonamides is 1. The highest BCUT2D eigenvalue weighted by atomic mass is 32.2. The van der Waals surface area contributed by atoms with E-state index in [1.54, 1.807) is 14.2 Å². The fourth-order valence-electron chi connectivity index (χ4n) is 1.91. The van der Waals surface area contributed by atoms with E-state index in [4.69, 9.17) is 4.74 Å². The fourth-order valence-corrected chi connectivity index (χ4v) is 3.73. The summed E-state index contributed by atoms with van der Waals surface area (Å²) in [6, 6.07) is -0.114. The molecule has 0 amide bonds. The SMILES string of the molecule is COCC(C)N(C)S(=O)(=O)C1CCCNC1. The van der Waals surface area contributed by atoms with Gasteiger partial charge in [-0.15, -0.1) is 0 Å². The number of hydrogen-bond donors (Lipinski definition) is 1. The number of hydrogen-bond acceptors (Lipinski definition) is 4. The number of ether oxygens (including phenoxy) is 1. The molecular weight excluding hydrogens is 228 g/mol. The number of likely N-dealkylation sites (N-methyl/N-ethyl adjacent to an activating group) is 1. The molecule has 1 aliphatic rings. The maximum Gasteiger partial charge on any atom is 0.218 e. The maximum absolute atomic E-state index is 12.2. The summed E-state index contributed by atoms with van der Waals surface area (Å²) in [5.74, 6) is 0. The second-order valence-electron chi connectivity index (χ2n) is 4.33. The quantitative estimate of drug-likeness (QED) is 0.748. The van der Waals surface area contributed by atoms with Crippen LogP contribution in [0.15, 0.2) is 0 Å². The number of methoxy groups -OCH3 is 1. The first-order chi connectivity index (χ1) is 7.50. The molecule has 0 aliphatic carbocycles. The van der Waals surface area contributed by atoms with Crippen LogP contribution in [0.2, 0.25) is 0 Å². The lowest BCUT2D eigenvalue weighted by atomic mass is 10.2. The molecule has 1 heterocycles. The van der Waals surface area contributed by atoms with Gasteiger partial charge in [-0.1, -0.05) is 0 Å². The van der Waals surface area contributed by atoms with Gasteiger partial charge in [0.05, 0.1) is 11.9 Å². The van der Waals surface area contributed by atoms with Crippen molar-refractivity contribution in [1.82, 2.24) is 9.62 Å². The molecule has 0 radical (unpaired) electrons. The van der Waals surface area contributed by atoms with Gasteiger partial charge in [0.1, 0.15) is 0 Å². The van der Waals surface area contributed by atoms with Crippen LogP contribution in [0, 0.1) is 0 Å². The Hall–Kier alpha value is -0.170. The molecule has 2 unspecified atom stereocenters. The van der Waals surface area contributed by atoms with E-state index < -0.39 is 10.0 Å². The second kappa shape index (κ2) is 5.95. The Labute approximate surface area is 98.2 Å². The van der Waals surface area contributed by atoms with Crippen LogP contribution in [-0.4, -0.2) is 57.9 Å². The van der Waals surface area contributed by atoms with Gasteiger partial charge in [0.15, 0.2) is 0 Å². The number of nitrogens with zero attached hydrogens (tertiary/aromatic N) is 1. The summed E-state index contributed by atoms with van der Waals surface area (Å²) >= 11 is 0. The van der Waals surface area contributed by atoms with Crippen LogP contribution in [0.5, 0.6) is 0 Å². The van der Waals surface area contributed by atoms with Gasteiger partial charge in [-0.3, -0.25) is 0 Å². The highest BCUT2D eigenvalue weighted by molar-refractivity contribution is 7.89. The van der Waals surface area contributed by atoms with Crippen LogP contribution in [0.25, 0.3) is 0 Å². The van der Waals surface area contributed by atoms with E-state index in [1.807, 2.05) is 6.92 Å². The van der Waals surface area contributed by atoms with Crippen LogP contribution in [0.4, 0.5) is 0 Å². The normalized spacial score (nSPS) is 24.6. The number of piperidine rings is 1. The van der Waals surface area contributed by atoms with E-state index in [0.717, 1.165) is 19.4 Å². The van der Waals surface area contributed by atoms with Crippen molar-refractivity contribution in [3.63, 3.8) is 0 Å². The average molecular weight is 250 g/mol. The molecule has 0 aromatic heterocycles. The van der Waals surface area contributed by atoms with Crippen molar-refractivity contribution in [2.45, 2.75) is 31.1 Å². The van der Waals surface area contributed by atoms with Crippen molar-refractivity contribution < 1.29 is 13.2 Å². The van der Waals surface area contributed by atoms with E-state index in [0.29, 0.717) is 13.2 Å². The highest BCUT2D eigenvalue weighted by Crippen LogP contribution is 2.17. The van der Waals surface area contributed by atoms with E-state index in [-0.39, 0.29) is 11.3 Å². The van der Waals surface area contributed by atoms with Crippen molar-refractivity contribution in [2.75, 3.05) is 33.9 Å². The second-order valence-corrected chi connectivity index (χ2v) is 6.61. The van der Waals surface area contributed by atoms with E-state index in [1.165, 1.54) is 4.31 Å². The summed E-state index contributed by atoms with van der Waals surface area (Å²) in [6.45, 7) is 3.77. The van der Waals surface area contributed by atoms with Crippen LogP contribution in [-0.2, 0) is 14.8 Å². The van der Waals surface area contributed by atoms with Gasteiger partial charge in [0.2, 0.25) is 10.0 Å². The van der Waals surface area contributed by atoms with Crippen molar-refractivity contribution >= 4 is 10.0 Å². The molecule has 16 heavy (non-hydrogen) atoms. The average Bonchev–Trinajstić information content (AvgIpc) is 2.29. The minimum absolute atomic E-state index is 0.114. The van der Waals surface area contributed by atoms with Gasteiger partial charge in [-0.05, 0) is 26.3 Å². The summed E-state index contributed by atoms with van der Waals surface area (Å²) in [4.78, 5) is 0. The van der Waals surface area contributed by atoms with Crippen LogP contribution >= 0.6 is 0 Å². The van der Waals surface area contributed by atoms with Gasteiger partial charge in [-0.25, -0.2) is 8.42 Å². The standard InChI is InChI=1S/C10H22N2O3S/c1-9(8-15-3)12(2)16(13,14)10-5-4-6-11-7-10/h9-11H,4-8H2,1-3H3. The predicted octanol–water partition coefficient (Wildman–Crippen LogP) is 0.0349. The molecule has 1 rings (SSSR count). The first-order valence-corrected chi connectivity index (χ1v) is 7.17. The fraction of sp³-hybridized carbons (Fsp3) is 1.00. The van der Waals surface area contributed by atoms with Gasteiger partial charge < -0.3 is 10.1 Å². The van der Waals surface area contributed by atoms with Gasteiger partial charge in [0.25, 0.3) is 0 Å². The third kappa shape index (κ3) is 3.16. The zero-order valence-corrected chi connectivity index (χ0v) is 11.1. The van der Waals surface area contributed by atoms with Gasteiger partial charge >= 0.3 is 0 Å². The van der Waals surface area contributed by atoms with Gasteiger partial charge in [-0.2, -0.15) is 4.31 Å². The molecule has 1 fully saturated rings. The van der Waals surface area contributed by atoms with Crippen LogP contribution in [0.1, 0.15) is 19.8 Å². The van der Waals surface area contributed by atoms with Crippen molar-refractivity contribution in [3.05, 3.63) is 0 Å². The molecule has 0 aromatic carbocycles. The third-order valence-electron chi connectivity index (χ3n) is 3.10. The smallest absolute Gasteiger partial charge is 0.218 e.